The molecule has 0 aliphatic carbocycles. The summed E-state index contributed by atoms with van der Waals surface area (Å²) >= 11 is 0. The van der Waals surface area contributed by atoms with Gasteiger partial charge in [-0.3, -0.25) is 4.79 Å². The van der Waals surface area contributed by atoms with Gasteiger partial charge >= 0.3 is 0 Å². The predicted molar refractivity (Wildman–Crippen MR) is 79.8 cm³/mol. The van der Waals surface area contributed by atoms with Crippen molar-refractivity contribution >= 4 is 17.7 Å². The van der Waals surface area contributed by atoms with Gasteiger partial charge in [0.05, 0.1) is 6.54 Å². The van der Waals surface area contributed by atoms with Gasteiger partial charge in [0.15, 0.2) is 12.4 Å². The number of nitrogens with two attached hydrogens (primary N) is 1. The predicted octanol–water partition coefficient (Wildman–Crippen LogP) is 1.77. The van der Waals surface area contributed by atoms with E-state index < -0.39 is 5.91 Å². The number of hydrogen-bond donors (Lipinski definition) is 2. The van der Waals surface area contributed by atoms with Crippen molar-refractivity contribution in [2.24, 2.45) is 5.73 Å². The van der Waals surface area contributed by atoms with Gasteiger partial charge in [-0.05, 0) is 6.08 Å². The van der Waals surface area contributed by atoms with Crippen LogP contribution in [0.4, 0.5) is 0 Å². The maximum absolute atomic E-state index is 10.8. The van der Waals surface area contributed by atoms with Gasteiger partial charge in [-0.2, -0.15) is 0 Å². The van der Waals surface area contributed by atoms with Crippen molar-refractivity contribution in [3.8, 4) is 0 Å². The molecule has 0 unspecified atom stereocenters. The number of nitrogens with one attached hydrogen (secondary N) is 2. The first-order valence-electron chi connectivity index (χ1n) is 6.17. The monoisotopic (exact) mass is 260 g/mol. The standard InChI is InChI=1S/C13H15N3O.C2H6/c1-3-5-12(16-9-13(14)17)11-6-7-15-8-10(11)4-2;1-2/h3-8,16H,1-2,9H2,(H2,14,17);1-2H3/p+1/b12-5+;. The molecule has 1 amide bonds. The minimum Gasteiger partial charge on any atom is -0.376 e. The molecule has 0 spiro atoms. The van der Waals surface area contributed by atoms with Gasteiger partial charge in [0.2, 0.25) is 5.91 Å². The Balaban J connectivity index is 0.00000154. The molecule has 0 radical (unpaired) electrons. The van der Waals surface area contributed by atoms with E-state index in [1.807, 2.05) is 26.1 Å². The average Bonchev–Trinajstić information content (AvgIpc) is 2.45. The molecule has 19 heavy (non-hydrogen) atoms. The van der Waals surface area contributed by atoms with Crippen LogP contribution in [0, 0.1) is 0 Å². The van der Waals surface area contributed by atoms with Gasteiger partial charge in [-0.25, -0.2) is 4.98 Å². The third-order valence-corrected chi connectivity index (χ3v) is 2.14. The summed E-state index contributed by atoms with van der Waals surface area (Å²) < 4.78 is 0. The molecule has 0 saturated carbocycles. The summed E-state index contributed by atoms with van der Waals surface area (Å²) in [6, 6.07) is 1.89. The molecule has 0 aliphatic rings. The first kappa shape index (κ1) is 16.6. The normalized spacial score (nSPS) is 9.89. The minimum atomic E-state index is -0.414. The summed E-state index contributed by atoms with van der Waals surface area (Å²) in [5.74, 6) is -0.414. The maximum atomic E-state index is 10.8. The molecule has 1 heterocycles. The fourth-order valence-corrected chi connectivity index (χ4v) is 1.40. The zero-order valence-electron chi connectivity index (χ0n) is 11.6. The fourth-order valence-electron chi connectivity index (χ4n) is 1.40. The number of aromatic nitrogens is 1. The molecule has 0 atom stereocenters. The molecule has 102 valence electrons. The molecule has 0 aliphatic heterocycles. The molecule has 4 nitrogen and oxygen atoms in total. The van der Waals surface area contributed by atoms with E-state index in [0.29, 0.717) is 0 Å². The zero-order valence-corrected chi connectivity index (χ0v) is 11.6. The van der Waals surface area contributed by atoms with Gasteiger partial charge in [0, 0.05) is 22.9 Å². The molecule has 0 bridgehead atoms. The Morgan fingerprint density at radius 3 is 2.68 bits per heavy atom. The Hall–Kier alpha value is -2.36. The summed E-state index contributed by atoms with van der Waals surface area (Å²) in [5, 5.41) is 2.96. The van der Waals surface area contributed by atoms with Crippen LogP contribution in [0.15, 0.2) is 43.8 Å². The summed E-state index contributed by atoms with van der Waals surface area (Å²) in [7, 11) is 0. The van der Waals surface area contributed by atoms with Crippen LogP contribution in [-0.4, -0.2) is 12.5 Å². The summed E-state index contributed by atoms with van der Waals surface area (Å²) in [6.45, 7) is 11.5. The van der Waals surface area contributed by atoms with Crippen LogP contribution in [0.25, 0.3) is 11.8 Å². The van der Waals surface area contributed by atoms with Gasteiger partial charge in [0.25, 0.3) is 0 Å². The van der Waals surface area contributed by atoms with Crippen molar-refractivity contribution in [2.75, 3.05) is 6.54 Å². The smallest absolute Gasteiger partial charge is 0.236 e. The Labute approximate surface area is 114 Å². The fraction of sp³-hybridized carbons (Fsp3) is 0.200. The van der Waals surface area contributed by atoms with Crippen molar-refractivity contribution in [1.29, 1.82) is 0 Å². The topological polar surface area (TPSA) is 69.3 Å². The number of primary amides is 1. The number of carbonyl (C=O) groups is 1. The SMILES string of the molecule is C=C/C=C(/NCC(N)=O)c1cc[nH+]cc1C=C.CC. The zero-order chi connectivity index (χ0) is 14.7. The number of pyridine rings is 1. The van der Waals surface area contributed by atoms with Crippen LogP contribution in [0.5, 0.6) is 0 Å². The van der Waals surface area contributed by atoms with Crippen LogP contribution in [-0.2, 0) is 4.79 Å². The van der Waals surface area contributed by atoms with E-state index in [-0.39, 0.29) is 6.54 Å². The lowest BCUT2D eigenvalue weighted by Crippen LogP contribution is -2.27. The molecular formula is C15H22N3O+. The van der Waals surface area contributed by atoms with E-state index in [4.69, 9.17) is 5.73 Å². The van der Waals surface area contributed by atoms with Crippen molar-refractivity contribution in [3.63, 3.8) is 0 Å². The lowest BCUT2D eigenvalue weighted by atomic mass is 10.1. The molecule has 4 N–H and O–H groups in total. The van der Waals surface area contributed by atoms with Gasteiger partial charge in [0.1, 0.15) is 0 Å². The van der Waals surface area contributed by atoms with Gasteiger partial charge in [-0.15, -0.1) is 0 Å². The van der Waals surface area contributed by atoms with Crippen LogP contribution in [0.1, 0.15) is 25.0 Å². The van der Waals surface area contributed by atoms with Crippen molar-refractivity contribution in [3.05, 3.63) is 54.9 Å². The first-order valence-corrected chi connectivity index (χ1v) is 6.17. The number of carbonyl (C=O) groups excluding carboxylic acids is 1. The maximum Gasteiger partial charge on any atom is 0.236 e. The number of allylic oxidation sites excluding steroid dienone is 2. The Morgan fingerprint density at radius 2 is 2.16 bits per heavy atom. The quantitative estimate of drug-likeness (QED) is 0.765. The summed E-state index contributed by atoms with van der Waals surface area (Å²) in [6.07, 6.45) is 8.78. The number of rotatable bonds is 6. The van der Waals surface area contributed by atoms with E-state index in [1.54, 1.807) is 24.4 Å². The van der Waals surface area contributed by atoms with Crippen molar-refractivity contribution in [1.82, 2.24) is 5.32 Å². The molecule has 1 aromatic heterocycles. The van der Waals surface area contributed by atoms with Crippen molar-refractivity contribution < 1.29 is 9.78 Å². The van der Waals surface area contributed by atoms with E-state index >= 15 is 0 Å². The van der Waals surface area contributed by atoms with E-state index in [0.717, 1.165) is 16.8 Å². The molecular weight excluding hydrogens is 238 g/mol. The molecule has 0 saturated heterocycles. The Morgan fingerprint density at radius 1 is 1.47 bits per heavy atom. The van der Waals surface area contributed by atoms with Gasteiger partial charge in [-0.1, -0.05) is 39.2 Å². The number of aromatic amines is 1. The van der Waals surface area contributed by atoms with E-state index in [9.17, 15) is 4.79 Å². The second-order valence-electron chi connectivity index (χ2n) is 3.35. The summed E-state index contributed by atoms with van der Waals surface area (Å²) in [5.41, 5.74) is 7.74. The minimum absolute atomic E-state index is 0.0782. The number of H-pyrrole nitrogens is 1. The Kier molecular flexibility index (Phi) is 8.45. The highest BCUT2D eigenvalue weighted by molar-refractivity contribution is 5.80. The second kappa shape index (κ2) is 9.65. The Bertz CT molecular complexity index is 464. The van der Waals surface area contributed by atoms with E-state index in [1.165, 1.54) is 0 Å². The highest BCUT2D eigenvalue weighted by Gasteiger charge is 2.07. The van der Waals surface area contributed by atoms with E-state index in [2.05, 4.69) is 23.5 Å². The molecule has 1 aromatic rings. The number of amides is 1. The highest BCUT2D eigenvalue weighted by Crippen LogP contribution is 2.16. The lowest BCUT2D eigenvalue weighted by molar-refractivity contribution is -0.378. The van der Waals surface area contributed by atoms with Gasteiger partial charge < -0.3 is 11.1 Å². The average molecular weight is 260 g/mol. The van der Waals surface area contributed by atoms with Crippen LogP contribution < -0.4 is 16.0 Å². The molecule has 1 rings (SSSR count). The molecule has 0 aromatic carbocycles. The van der Waals surface area contributed by atoms with Crippen LogP contribution in [0.2, 0.25) is 0 Å². The largest absolute Gasteiger partial charge is 0.376 e. The molecule has 0 fully saturated rings. The van der Waals surface area contributed by atoms with Crippen LogP contribution in [0.3, 0.4) is 0 Å². The summed E-state index contributed by atoms with van der Waals surface area (Å²) in [4.78, 5) is 13.7. The second-order valence-corrected chi connectivity index (χ2v) is 3.35. The first-order chi connectivity index (χ1) is 9.19. The third-order valence-electron chi connectivity index (χ3n) is 2.14. The highest BCUT2D eigenvalue weighted by atomic mass is 16.1. The van der Waals surface area contributed by atoms with Crippen LogP contribution >= 0.6 is 0 Å². The molecule has 4 heteroatoms. The number of hydrogen-bond acceptors (Lipinski definition) is 2. The lowest BCUT2D eigenvalue weighted by Gasteiger charge is -2.10. The van der Waals surface area contributed by atoms with Crippen molar-refractivity contribution in [2.45, 2.75) is 13.8 Å². The third kappa shape index (κ3) is 5.68.